The van der Waals surface area contributed by atoms with Gasteiger partial charge in [0.1, 0.15) is 0 Å². The van der Waals surface area contributed by atoms with Crippen molar-refractivity contribution < 1.29 is 0 Å². The van der Waals surface area contributed by atoms with Gasteiger partial charge in [0, 0.05) is 0 Å². The third kappa shape index (κ3) is 2.98. The van der Waals surface area contributed by atoms with E-state index in [4.69, 9.17) is 0 Å². The third-order valence-corrected chi connectivity index (χ3v) is 8.06. The number of benzene rings is 1. The van der Waals surface area contributed by atoms with Crippen LogP contribution in [-0.4, -0.2) is 0 Å². The van der Waals surface area contributed by atoms with Crippen molar-refractivity contribution in [2.45, 2.75) is 44.4 Å². The number of aryl methyl sites for hydroxylation is 2. The van der Waals surface area contributed by atoms with E-state index in [9.17, 15) is 0 Å². The third-order valence-electron chi connectivity index (χ3n) is 8.06. The Morgan fingerprint density at radius 1 is 0.852 bits per heavy atom. The quantitative estimate of drug-likeness (QED) is 0.518. The molecule has 5 rings (SSSR count). The molecule has 7 atom stereocenters. The molecule has 0 radical (unpaired) electrons. The van der Waals surface area contributed by atoms with E-state index in [1.807, 2.05) is 0 Å². The van der Waals surface area contributed by atoms with Crippen LogP contribution in [0.15, 0.2) is 67.8 Å². The fraction of sp³-hybridized carbons (Fsp3) is 0.481. The number of hydrogen-bond donors (Lipinski definition) is 0. The number of allylic oxidation sites excluding steroid dienone is 6. The first-order valence-electron chi connectivity index (χ1n) is 11.0. The molecule has 2 saturated carbocycles. The molecule has 27 heavy (non-hydrogen) atoms. The summed E-state index contributed by atoms with van der Waals surface area (Å²) in [6, 6.07) is 7.26. The van der Waals surface area contributed by atoms with Gasteiger partial charge < -0.3 is 0 Å². The fourth-order valence-corrected chi connectivity index (χ4v) is 6.39. The molecular weight excluding hydrogens is 324 g/mol. The van der Waals surface area contributed by atoms with Crippen LogP contribution < -0.4 is 0 Å². The van der Waals surface area contributed by atoms with E-state index in [2.05, 4.69) is 67.8 Å². The summed E-state index contributed by atoms with van der Waals surface area (Å²) in [4.78, 5) is 0. The second-order valence-electron chi connectivity index (χ2n) is 9.35. The lowest BCUT2D eigenvalue weighted by atomic mass is 9.82. The maximum atomic E-state index is 4.16. The van der Waals surface area contributed by atoms with Gasteiger partial charge in [-0.25, -0.2) is 0 Å². The summed E-state index contributed by atoms with van der Waals surface area (Å²) in [6.45, 7) is 8.26. The molecule has 1 aromatic rings. The molecule has 0 spiro atoms. The summed E-state index contributed by atoms with van der Waals surface area (Å²) in [5.74, 6) is 4.99. The van der Waals surface area contributed by atoms with Crippen molar-refractivity contribution in [3.63, 3.8) is 0 Å². The van der Waals surface area contributed by atoms with E-state index >= 15 is 0 Å². The molecule has 0 heteroatoms. The van der Waals surface area contributed by atoms with Crippen LogP contribution in [0.4, 0.5) is 0 Å². The first-order chi connectivity index (χ1) is 13.3. The van der Waals surface area contributed by atoms with Crippen molar-refractivity contribution in [1.29, 1.82) is 0 Å². The summed E-state index contributed by atoms with van der Waals surface area (Å²) in [6.07, 6.45) is 22.1. The Kier molecular flexibility index (Phi) is 4.46. The van der Waals surface area contributed by atoms with Crippen LogP contribution in [0, 0.1) is 35.5 Å². The first kappa shape index (κ1) is 17.3. The molecule has 7 unspecified atom stereocenters. The minimum atomic E-state index is 0.626. The molecule has 1 aromatic carbocycles. The first-order valence-corrected chi connectivity index (χ1v) is 11.0. The normalized spacial score (nSPS) is 39.3. The minimum Gasteiger partial charge on any atom is -0.103 e. The van der Waals surface area contributed by atoms with Gasteiger partial charge in [-0.3, -0.25) is 0 Å². The van der Waals surface area contributed by atoms with Crippen molar-refractivity contribution in [1.82, 2.24) is 0 Å². The van der Waals surface area contributed by atoms with E-state index in [0.717, 1.165) is 17.8 Å². The Morgan fingerprint density at radius 3 is 2.44 bits per heavy atom. The maximum absolute atomic E-state index is 4.16. The molecule has 4 aliphatic carbocycles. The largest absolute Gasteiger partial charge is 0.103 e. The molecule has 0 heterocycles. The summed E-state index contributed by atoms with van der Waals surface area (Å²) in [7, 11) is 0. The zero-order valence-corrected chi connectivity index (χ0v) is 16.4. The molecular formula is C27H32. The standard InChI is InChI=1S/C27H32/c1-3-19-14-18(15-27(19)24-13-11-21-10-12-22(21)17-24)8-9-23-16-20(4-2)25-6-5-7-26(23)25/h3-5,7-9,11,13,17-20,23,25-27H,1-2,6,10,12,14-16H2/b9-8-. The monoisotopic (exact) mass is 356 g/mol. The zero-order valence-electron chi connectivity index (χ0n) is 16.4. The van der Waals surface area contributed by atoms with Crippen LogP contribution in [0.5, 0.6) is 0 Å². The van der Waals surface area contributed by atoms with Crippen molar-refractivity contribution >= 4 is 0 Å². The van der Waals surface area contributed by atoms with Gasteiger partial charge >= 0.3 is 0 Å². The highest BCUT2D eigenvalue weighted by Crippen LogP contribution is 2.50. The van der Waals surface area contributed by atoms with Gasteiger partial charge in [0.15, 0.2) is 0 Å². The Labute approximate surface area is 164 Å². The highest BCUT2D eigenvalue weighted by atomic mass is 14.5. The maximum Gasteiger partial charge on any atom is -0.00932 e. The zero-order chi connectivity index (χ0) is 18.4. The van der Waals surface area contributed by atoms with Crippen LogP contribution in [-0.2, 0) is 12.8 Å². The van der Waals surface area contributed by atoms with Crippen molar-refractivity contribution in [2.75, 3.05) is 0 Å². The molecule has 0 N–H and O–H groups in total. The van der Waals surface area contributed by atoms with Gasteiger partial charge in [-0.2, -0.15) is 0 Å². The van der Waals surface area contributed by atoms with Crippen LogP contribution in [0.2, 0.25) is 0 Å². The lowest BCUT2D eigenvalue weighted by Crippen LogP contribution is -2.11. The smallest absolute Gasteiger partial charge is 0.00932 e. The number of hydrogen-bond acceptors (Lipinski definition) is 0. The van der Waals surface area contributed by atoms with E-state index in [1.54, 1.807) is 16.7 Å². The second-order valence-corrected chi connectivity index (χ2v) is 9.35. The molecule has 0 saturated heterocycles. The Balaban J connectivity index is 1.29. The van der Waals surface area contributed by atoms with Gasteiger partial charge in [-0.1, -0.05) is 54.7 Å². The van der Waals surface area contributed by atoms with E-state index in [1.165, 1.54) is 38.5 Å². The molecule has 4 aliphatic rings. The topological polar surface area (TPSA) is 0 Å². The predicted molar refractivity (Wildman–Crippen MR) is 115 cm³/mol. The van der Waals surface area contributed by atoms with Crippen LogP contribution in [0.1, 0.15) is 48.3 Å². The van der Waals surface area contributed by atoms with E-state index < -0.39 is 0 Å². The van der Waals surface area contributed by atoms with Gasteiger partial charge in [0.2, 0.25) is 0 Å². The van der Waals surface area contributed by atoms with E-state index in [-0.39, 0.29) is 0 Å². The Bertz CT molecular complexity index is 794. The van der Waals surface area contributed by atoms with Gasteiger partial charge in [0.05, 0.1) is 0 Å². The van der Waals surface area contributed by atoms with Gasteiger partial charge in [0.25, 0.3) is 0 Å². The van der Waals surface area contributed by atoms with Crippen molar-refractivity contribution in [3.8, 4) is 0 Å². The predicted octanol–water partition coefficient (Wildman–Crippen LogP) is 6.65. The van der Waals surface area contributed by atoms with Crippen molar-refractivity contribution in [2.24, 2.45) is 35.5 Å². The highest BCUT2D eigenvalue weighted by molar-refractivity contribution is 5.40. The fourth-order valence-electron chi connectivity index (χ4n) is 6.39. The molecule has 2 fully saturated rings. The molecule has 0 amide bonds. The summed E-state index contributed by atoms with van der Waals surface area (Å²) >= 11 is 0. The summed E-state index contributed by atoms with van der Waals surface area (Å²) < 4.78 is 0. The SMILES string of the molecule is C=CC1CC(/C=C\C2CC(C=C)C3CC=CC23)CC1c1ccc2c(c1)CC2. The van der Waals surface area contributed by atoms with Crippen LogP contribution in [0.3, 0.4) is 0 Å². The lowest BCUT2D eigenvalue weighted by molar-refractivity contribution is 0.413. The van der Waals surface area contributed by atoms with Gasteiger partial charge in [-0.05, 0) is 96.6 Å². The Morgan fingerprint density at radius 2 is 1.70 bits per heavy atom. The molecule has 0 aliphatic heterocycles. The van der Waals surface area contributed by atoms with Crippen LogP contribution >= 0.6 is 0 Å². The second kappa shape index (κ2) is 6.97. The summed E-state index contributed by atoms with van der Waals surface area (Å²) in [5, 5.41) is 0. The average molecular weight is 357 g/mol. The lowest BCUT2D eigenvalue weighted by Gasteiger charge is -2.23. The molecule has 0 aromatic heterocycles. The summed E-state index contributed by atoms with van der Waals surface area (Å²) in [5.41, 5.74) is 4.72. The molecule has 140 valence electrons. The number of fused-ring (bicyclic) bond motifs is 2. The van der Waals surface area contributed by atoms with Crippen LogP contribution in [0.25, 0.3) is 0 Å². The van der Waals surface area contributed by atoms with E-state index in [0.29, 0.717) is 23.7 Å². The Hall–Kier alpha value is -1.82. The number of rotatable bonds is 5. The molecule has 0 nitrogen and oxygen atoms in total. The minimum absolute atomic E-state index is 0.626. The average Bonchev–Trinajstić information content (AvgIpc) is 3.36. The van der Waals surface area contributed by atoms with Gasteiger partial charge in [-0.15, -0.1) is 13.2 Å². The highest BCUT2D eigenvalue weighted by Gasteiger charge is 2.41. The molecule has 0 bridgehead atoms. The van der Waals surface area contributed by atoms with Crippen molar-refractivity contribution in [3.05, 3.63) is 84.5 Å².